The molecule has 0 fully saturated rings. The Labute approximate surface area is 190 Å². The van der Waals surface area contributed by atoms with E-state index in [4.69, 9.17) is 4.74 Å². The van der Waals surface area contributed by atoms with Crippen LogP contribution in [0.25, 0.3) is 10.8 Å². The Kier molecular flexibility index (Phi) is 8.06. The van der Waals surface area contributed by atoms with Gasteiger partial charge in [0.25, 0.3) is 5.91 Å². The van der Waals surface area contributed by atoms with E-state index in [9.17, 15) is 9.59 Å². The van der Waals surface area contributed by atoms with Crippen LogP contribution in [0.3, 0.4) is 0 Å². The molecule has 6 nitrogen and oxygen atoms in total. The number of aryl methyl sites for hydroxylation is 1. The summed E-state index contributed by atoms with van der Waals surface area (Å²) in [5.74, 6) is -0.202. The molecule has 0 aliphatic heterocycles. The normalized spacial score (nSPS) is 12.0. The van der Waals surface area contributed by atoms with Crippen molar-refractivity contribution in [1.29, 1.82) is 0 Å². The fourth-order valence-electron chi connectivity index (χ4n) is 3.81. The van der Waals surface area contributed by atoms with Gasteiger partial charge in [0.05, 0.1) is 13.2 Å². The molecule has 32 heavy (non-hydrogen) atoms. The minimum absolute atomic E-state index is 0.0329. The molecule has 1 heterocycles. The van der Waals surface area contributed by atoms with Crippen LogP contribution in [-0.4, -0.2) is 59.0 Å². The highest BCUT2D eigenvalue weighted by molar-refractivity contribution is 6.07. The van der Waals surface area contributed by atoms with Crippen molar-refractivity contribution in [1.82, 2.24) is 14.4 Å². The Bertz CT molecular complexity index is 1050. The molecular formula is C26H33N3O3. The predicted molar refractivity (Wildman–Crippen MR) is 127 cm³/mol. The Morgan fingerprint density at radius 2 is 1.81 bits per heavy atom. The van der Waals surface area contributed by atoms with E-state index >= 15 is 0 Å². The Hall–Kier alpha value is -3.12. The molecule has 0 radical (unpaired) electrons. The molecule has 2 aromatic carbocycles. The number of fused-ring (bicyclic) bond motifs is 1. The molecule has 0 saturated carbocycles. The van der Waals surface area contributed by atoms with Gasteiger partial charge in [-0.05, 0) is 42.3 Å². The lowest BCUT2D eigenvalue weighted by Gasteiger charge is -2.31. The highest BCUT2D eigenvalue weighted by Gasteiger charge is 2.27. The van der Waals surface area contributed by atoms with Gasteiger partial charge in [0.1, 0.15) is 6.54 Å². The van der Waals surface area contributed by atoms with Gasteiger partial charge in [0, 0.05) is 44.2 Å². The summed E-state index contributed by atoms with van der Waals surface area (Å²) in [4.78, 5) is 30.5. The van der Waals surface area contributed by atoms with Gasteiger partial charge in [-0.25, -0.2) is 0 Å². The van der Waals surface area contributed by atoms with Gasteiger partial charge >= 0.3 is 0 Å². The number of carbonyl (C=O) groups is 2. The first kappa shape index (κ1) is 23.5. The summed E-state index contributed by atoms with van der Waals surface area (Å²) in [7, 11) is 3.59. The Balaban J connectivity index is 1.86. The van der Waals surface area contributed by atoms with Crippen molar-refractivity contribution in [2.24, 2.45) is 7.05 Å². The van der Waals surface area contributed by atoms with Gasteiger partial charge in [0.15, 0.2) is 0 Å². The standard InChI is InChI=1S/C26H33N3O3/c1-5-20(2)29(26(31)24-14-8-11-21-10-6-7-13-23(21)24)19-25(30)28(16-17-32-4)18-22-12-9-15-27(22)3/h6-15,20H,5,16-19H2,1-4H3. The molecular weight excluding hydrogens is 402 g/mol. The number of rotatable bonds is 10. The molecule has 3 aromatic rings. The summed E-state index contributed by atoms with van der Waals surface area (Å²) in [6, 6.07) is 17.5. The number of nitrogens with zero attached hydrogens (tertiary/aromatic N) is 3. The van der Waals surface area contributed by atoms with E-state index in [-0.39, 0.29) is 24.4 Å². The number of ether oxygens (including phenoxy) is 1. The van der Waals surface area contributed by atoms with Crippen LogP contribution in [0.5, 0.6) is 0 Å². The van der Waals surface area contributed by atoms with Gasteiger partial charge in [0.2, 0.25) is 5.91 Å². The number of benzene rings is 2. The number of hydrogen-bond donors (Lipinski definition) is 0. The van der Waals surface area contributed by atoms with Crippen LogP contribution >= 0.6 is 0 Å². The summed E-state index contributed by atoms with van der Waals surface area (Å²) < 4.78 is 7.23. The SMILES string of the molecule is CCC(C)N(CC(=O)N(CCOC)Cc1cccn1C)C(=O)c1cccc2ccccc12. The minimum Gasteiger partial charge on any atom is -0.383 e. The second kappa shape index (κ2) is 11.0. The van der Waals surface area contributed by atoms with Gasteiger partial charge in [-0.1, -0.05) is 43.3 Å². The lowest BCUT2D eigenvalue weighted by Crippen LogP contribution is -2.47. The fourth-order valence-corrected chi connectivity index (χ4v) is 3.81. The molecule has 170 valence electrons. The average molecular weight is 436 g/mol. The van der Waals surface area contributed by atoms with E-state index in [0.717, 1.165) is 22.9 Å². The maximum absolute atomic E-state index is 13.6. The zero-order valence-corrected chi connectivity index (χ0v) is 19.5. The lowest BCUT2D eigenvalue weighted by atomic mass is 10.0. The van der Waals surface area contributed by atoms with E-state index < -0.39 is 0 Å². The highest BCUT2D eigenvalue weighted by atomic mass is 16.5. The molecule has 3 rings (SSSR count). The number of carbonyl (C=O) groups excluding carboxylic acids is 2. The summed E-state index contributed by atoms with van der Waals surface area (Å²) in [6.45, 7) is 5.44. The summed E-state index contributed by atoms with van der Waals surface area (Å²) in [6.07, 6.45) is 2.73. The van der Waals surface area contributed by atoms with Crippen LogP contribution in [0.4, 0.5) is 0 Å². The van der Waals surface area contributed by atoms with Crippen molar-refractivity contribution < 1.29 is 14.3 Å². The Morgan fingerprint density at radius 3 is 2.50 bits per heavy atom. The highest BCUT2D eigenvalue weighted by Crippen LogP contribution is 2.22. The van der Waals surface area contributed by atoms with Crippen LogP contribution in [0, 0.1) is 0 Å². The topological polar surface area (TPSA) is 54.8 Å². The van der Waals surface area contributed by atoms with E-state index in [1.54, 1.807) is 16.9 Å². The maximum atomic E-state index is 13.6. The monoisotopic (exact) mass is 435 g/mol. The van der Waals surface area contributed by atoms with Crippen LogP contribution in [0.1, 0.15) is 36.3 Å². The third-order valence-corrected chi connectivity index (χ3v) is 6.03. The van der Waals surface area contributed by atoms with Crippen molar-refractivity contribution in [3.05, 3.63) is 72.1 Å². The molecule has 0 spiro atoms. The van der Waals surface area contributed by atoms with Crippen molar-refractivity contribution in [2.75, 3.05) is 26.8 Å². The average Bonchev–Trinajstić information content (AvgIpc) is 3.22. The Morgan fingerprint density at radius 1 is 1.06 bits per heavy atom. The van der Waals surface area contributed by atoms with Gasteiger partial charge in [-0.3, -0.25) is 9.59 Å². The van der Waals surface area contributed by atoms with Crippen LogP contribution < -0.4 is 0 Å². The molecule has 0 bridgehead atoms. The third-order valence-electron chi connectivity index (χ3n) is 6.03. The number of aromatic nitrogens is 1. The molecule has 1 aromatic heterocycles. The van der Waals surface area contributed by atoms with Crippen molar-refractivity contribution >= 4 is 22.6 Å². The third kappa shape index (κ3) is 5.37. The molecule has 0 saturated heterocycles. The second-order valence-corrected chi connectivity index (χ2v) is 8.14. The summed E-state index contributed by atoms with van der Waals surface area (Å²) in [5.41, 5.74) is 1.66. The molecule has 0 N–H and O–H groups in total. The largest absolute Gasteiger partial charge is 0.383 e. The molecule has 1 atom stereocenters. The zero-order chi connectivity index (χ0) is 23.1. The molecule has 0 aliphatic carbocycles. The lowest BCUT2D eigenvalue weighted by molar-refractivity contribution is -0.133. The van der Waals surface area contributed by atoms with E-state index in [2.05, 4.69) is 0 Å². The second-order valence-electron chi connectivity index (χ2n) is 8.14. The van der Waals surface area contributed by atoms with Crippen molar-refractivity contribution in [3.8, 4) is 0 Å². The zero-order valence-electron chi connectivity index (χ0n) is 19.5. The van der Waals surface area contributed by atoms with E-state index in [0.29, 0.717) is 25.3 Å². The van der Waals surface area contributed by atoms with E-state index in [1.165, 1.54) is 0 Å². The fraction of sp³-hybridized carbons (Fsp3) is 0.385. The van der Waals surface area contributed by atoms with E-state index in [1.807, 2.05) is 86.3 Å². The predicted octanol–water partition coefficient (Wildman–Crippen LogP) is 4.09. The van der Waals surface area contributed by atoms with Gasteiger partial charge < -0.3 is 19.1 Å². The first-order chi connectivity index (χ1) is 15.5. The number of hydrogen-bond acceptors (Lipinski definition) is 3. The first-order valence-electron chi connectivity index (χ1n) is 11.1. The minimum atomic E-state index is -0.116. The molecule has 0 aliphatic rings. The smallest absolute Gasteiger partial charge is 0.255 e. The molecule has 1 unspecified atom stereocenters. The summed E-state index contributed by atoms with van der Waals surface area (Å²) in [5, 5.41) is 1.92. The van der Waals surface area contributed by atoms with Crippen LogP contribution in [0.15, 0.2) is 60.8 Å². The van der Waals surface area contributed by atoms with Crippen molar-refractivity contribution in [2.45, 2.75) is 32.9 Å². The van der Waals surface area contributed by atoms with Crippen LogP contribution in [0.2, 0.25) is 0 Å². The summed E-state index contributed by atoms with van der Waals surface area (Å²) >= 11 is 0. The molecule has 6 heteroatoms. The van der Waals surface area contributed by atoms with Gasteiger partial charge in [-0.15, -0.1) is 0 Å². The number of amides is 2. The maximum Gasteiger partial charge on any atom is 0.255 e. The van der Waals surface area contributed by atoms with Gasteiger partial charge in [-0.2, -0.15) is 0 Å². The number of methoxy groups -OCH3 is 1. The van der Waals surface area contributed by atoms with Crippen LogP contribution in [-0.2, 0) is 23.1 Å². The quantitative estimate of drug-likeness (QED) is 0.482. The van der Waals surface area contributed by atoms with Crippen molar-refractivity contribution in [3.63, 3.8) is 0 Å². The first-order valence-corrected chi connectivity index (χ1v) is 11.1. The molecule has 2 amide bonds.